The summed E-state index contributed by atoms with van der Waals surface area (Å²) in [6.45, 7) is 4.36. The molecule has 0 N–H and O–H groups in total. The third kappa shape index (κ3) is 5.57. The topological polar surface area (TPSA) is 94.3 Å². The Morgan fingerprint density at radius 3 is 2.59 bits per heavy atom. The number of methoxy groups -OCH3 is 2. The molecule has 0 bridgehead atoms. The summed E-state index contributed by atoms with van der Waals surface area (Å²) in [7, 11) is 3.17. The molecule has 37 heavy (non-hydrogen) atoms. The number of nitrogens with zero attached hydrogens (tertiary/aromatic N) is 3. The van der Waals surface area contributed by atoms with Crippen LogP contribution in [-0.4, -0.2) is 69.4 Å². The molecule has 1 amide bonds. The molecule has 5 rings (SSSR count). The van der Waals surface area contributed by atoms with E-state index in [9.17, 15) is 9.59 Å². The summed E-state index contributed by atoms with van der Waals surface area (Å²) in [5.41, 5.74) is 0.721. The van der Waals surface area contributed by atoms with Gasteiger partial charge < -0.3 is 18.6 Å². The van der Waals surface area contributed by atoms with Crippen molar-refractivity contribution in [3.63, 3.8) is 0 Å². The van der Waals surface area contributed by atoms with E-state index in [0.29, 0.717) is 59.3 Å². The predicted molar refractivity (Wildman–Crippen MR) is 146 cm³/mol. The van der Waals surface area contributed by atoms with Gasteiger partial charge in [0.1, 0.15) is 27.3 Å². The van der Waals surface area contributed by atoms with Gasteiger partial charge in [0.25, 0.3) is 5.91 Å². The monoisotopic (exact) mass is 545 g/mol. The van der Waals surface area contributed by atoms with E-state index in [1.165, 1.54) is 17.4 Å². The van der Waals surface area contributed by atoms with Gasteiger partial charge >= 0.3 is 0 Å². The lowest BCUT2D eigenvalue weighted by Crippen LogP contribution is -2.39. The van der Waals surface area contributed by atoms with Crippen LogP contribution in [0.25, 0.3) is 21.2 Å². The van der Waals surface area contributed by atoms with Crippen molar-refractivity contribution in [2.45, 2.75) is 6.42 Å². The number of amides is 1. The molecule has 0 aliphatic carbocycles. The minimum absolute atomic E-state index is 0. The zero-order valence-corrected chi connectivity index (χ0v) is 22.2. The lowest BCUT2D eigenvalue weighted by Gasteiger charge is -2.27. The molecule has 9 nitrogen and oxygen atoms in total. The van der Waals surface area contributed by atoms with Crippen LogP contribution < -0.4 is 19.8 Å². The smallest absolute Gasteiger partial charge is 0.295 e. The number of ether oxygens (including phenoxy) is 3. The van der Waals surface area contributed by atoms with E-state index in [1.807, 2.05) is 6.07 Å². The molecule has 11 heteroatoms. The van der Waals surface area contributed by atoms with Gasteiger partial charge in [-0.1, -0.05) is 23.5 Å². The maximum atomic E-state index is 13.8. The highest BCUT2D eigenvalue weighted by molar-refractivity contribution is 7.22. The second kappa shape index (κ2) is 11.9. The number of morpholine rings is 1. The van der Waals surface area contributed by atoms with Crippen LogP contribution in [-0.2, 0) is 4.74 Å². The standard InChI is InChI=1S/C26H27N3O6S.ClH/c1-32-20-8-9-21(33-2)24-23(20)27-26(36-24)29(11-5-10-28-12-14-34-15-13-28)25(31)22-16-18(30)17-6-3-4-7-19(17)35-22;/h3-4,6-9,16H,5,10-15H2,1-2H3;1H. The molecule has 3 heterocycles. The fourth-order valence-electron chi connectivity index (χ4n) is 4.29. The van der Waals surface area contributed by atoms with Crippen molar-refractivity contribution in [3.8, 4) is 11.5 Å². The SMILES string of the molecule is COc1ccc(OC)c2sc(N(CCCN3CCOCC3)C(=O)c3cc(=O)c4ccccc4o3)nc12.Cl. The molecule has 1 aliphatic heterocycles. The molecule has 1 aliphatic rings. The first-order valence-corrected chi connectivity index (χ1v) is 12.6. The van der Waals surface area contributed by atoms with Crippen molar-refractivity contribution in [3.05, 3.63) is 58.4 Å². The van der Waals surface area contributed by atoms with Gasteiger partial charge in [-0.2, -0.15) is 0 Å². The van der Waals surface area contributed by atoms with Crippen molar-refractivity contribution in [2.24, 2.45) is 0 Å². The highest BCUT2D eigenvalue weighted by Gasteiger charge is 2.26. The van der Waals surface area contributed by atoms with Gasteiger partial charge in [0.2, 0.25) is 0 Å². The van der Waals surface area contributed by atoms with Crippen molar-refractivity contribution in [1.82, 2.24) is 9.88 Å². The molecule has 2 aromatic heterocycles. The normalized spacial score (nSPS) is 13.9. The van der Waals surface area contributed by atoms with Crippen LogP contribution in [0, 0.1) is 0 Å². The highest BCUT2D eigenvalue weighted by atomic mass is 35.5. The number of hydrogen-bond donors (Lipinski definition) is 0. The number of para-hydroxylation sites is 1. The summed E-state index contributed by atoms with van der Waals surface area (Å²) in [6, 6.07) is 11.8. The first-order valence-electron chi connectivity index (χ1n) is 11.8. The summed E-state index contributed by atoms with van der Waals surface area (Å²) in [5.74, 6) is 0.791. The highest BCUT2D eigenvalue weighted by Crippen LogP contribution is 2.40. The zero-order valence-electron chi connectivity index (χ0n) is 20.6. The maximum absolute atomic E-state index is 13.8. The van der Waals surface area contributed by atoms with E-state index < -0.39 is 5.91 Å². The minimum atomic E-state index is -0.420. The van der Waals surface area contributed by atoms with Crippen LogP contribution >= 0.6 is 23.7 Å². The summed E-state index contributed by atoms with van der Waals surface area (Å²) < 4.78 is 23.1. The number of thiazole rings is 1. The first kappa shape index (κ1) is 26.9. The van der Waals surface area contributed by atoms with Crippen LogP contribution in [0.1, 0.15) is 17.0 Å². The van der Waals surface area contributed by atoms with E-state index in [4.69, 9.17) is 23.6 Å². The van der Waals surface area contributed by atoms with Crippen LogP contribution in [0.3, 0.4) is 0 Å². The lowest BCUT2D eigenvalue weighted by molar-refractivity contribution is 0.0376. The molecule has 0 saturated carbocycles. The Hall–Kier alpha value is -3.18. The Morgan fingerprint density at radius 2 is 1.84 bits per heavy atom. The Labute approximate surface area is 223 Å². The molecule has 4 aromatic rings. The number of halogens is 1. The quantitative estimate of drug-likeness (QED) is 0.325. The van der Waals surface area contributed by atoms with Crippen molar-refractivity contribution < 1.29 is 23.4 Å². The summed E-state index contributed by atoms with van der Waals surface area (Å²) in [6.07, 6.45) is 0.716. The third-order valence-electron chi connectivity index (χ3n) is 6.18. The average Bonchev–Trinajstić information content (AvgIpc) is 3.36. The number of anilines is 1. The maximum Gasteiger partial charge on any atom is 0.295 e. The number of aromatic nitrogens is 1. The summed E-state index contributed by atoms with van der Waals surface area (Å²) in [5, 5.41) is 0.915. The van der Waals surface area contributed by atoms with Crippen molar-refractivity contribution in [1.29, 1.82) is 0 Å². The Bertz CT molecular complexity index is 1410. The van der Waals surface area contributed by atoms with Gasteiger partial charge in [-0.05, 0) is 30.7 Å². The lowest BCUT2D eigenvalue weighted by atomic mass is 10.2. The van der Waals surface area contributed by atoms with Crippen molar-refractivity contribution >= 4 is 56.0 Å². The Kier molecular flexibility index (Phi) is 8.65. The number of benzene rings is 2. The summed E-state index contributed by atoms with van der Waals surface area (Å²) in [4.78, 5) is 35.1. The molecular weight excluding hydrogens is 518 g/mol. The average molecular weight is 546 g/mol. The van der Waals surface area contributed by atoms with Crippen LogP contribution in [0.4, 0.5) is 5.13 Å². The number of rotatable bonds is 8. The van der Waals surface area contributed by atoms with E-state index in [-0.39, 0.29) is 23.6 Å². The molecule has 0 radical (unpaired) electrons. The molecule has 0 atom stereocenters. The first-order chi connectivity index (χ1) is 17.6. The Balaban J connectivity index is 0.00000320. The number of fused-ring (bicyclic) bond motifs is 2. The predicted octanol–water partition coefficient (Wildman–Crippen LogP) is 4.21. The van der Waals surface area contributed by atoms with E-state index in [0.717, 1.165) is 24.3 Å². The summed E-state index contributed by atoms with van der Waals surface area (Å²) >= 11 is 1.34. The number of carbonyl (C=O) groups is 1. The van der Waals surface area contributed by atoms with E-state index >= 15 is 0 Å². The molecular formula is C26H28ClN3O6S. The minimum Gasteiger partial charge on any atom is -0.495 e. The van der Waals surface area contributed by atoms with Crippen molar-refractivity contribution in [2.75, 3.05) is 58.5 Å². The van der Waals surface area contributed by atoms with Crippen LogP contribution in [0.15, 0.2) is 51.7 Å². The number of carbonyl (C=O) groups excluding carboxylic acids is 1. The van der Waals surface area contributed by atoms with Gasteiger partial charge in [0, 0.05) is 32.2 Å². The van der Waals surface area contributed by atoms with Gasteiger partial charge in [-0.3, -0.25) is 19.4 Å². The largest absolute Gasteiger partial charge is 0.495 e. The molecule has 0 unspecified atom stereocenters. The second-order valence-corrected chi connectivity index (χ2v) is 9.36. The van der Waals surface area contributed by atoms with Crippen LogP contribution in [0.5, 0.6) is 11.5 Å². The van der Waals surface area contributed by atoms with Gasteiger partial charge in [-0.25, -0.2) is 4.98 Å². The van der Waals surface area contributed by atoms with Gasteiger partial charge in [0.15, 0.2) is 16.3 Å². The van der Waals surface area contributed by atoms with Crippen LogP contribution in [0.2, 0.25) is 0 Å². The molecule has 2 aromatic carbocycles. The fourth-order valence-corrected chi connectivity index (χ4v) is 5.39. The number of hydrogen-bond acceptors (Lipinski definition) is 9. The molecule has 1 fully saturated rings. The van der Waals surface area contributed by atoms with Gasteiger partial charge in [0.05, 0.1) is 32.8 Å². The molecule has 1 saturated heterocycles. The second-order valence-electron chi connectivity index (χ2n) is 8.38. The molecule has 196 valence electrons. The van der Waals surface area contributed by atoms with E-state index in [1.54, 1.807) is 49.5 Å². The Morgan fingerprint density at radius 1 is 1.11 bits per heavy atom. The zero-order chi connectivity index (χ0) is 25.1. The third-order valence-corrected chi connectivity index (χ3v) is 7.27. The van der Waals surface area contributed by atoms with Gasteiger partial charge in [-0.15, -0.1) is 12.4 Å². The molecule has 0 spiro atoms. The van der Waals surface area contributed by atoms with E-state index in [2.05, 4.69) is 4.90 Å². The fraction of sp³-hybridized carbons (Fsp3) is 0.346.